The van der Waals surface area contributed by atoms with Gasteiger partial charge in [0.25, 0.3) is 0 Å². The van der Waals surface area contributed by atoms with E-state index in [0.29, 0.717) is 24.5 Å². The first-order chi connectivity index (χ1) is 8.35. The minimum atomic E-state index is -2.92. The van der Waals surface area contributed by atoms with Crippen molar-refractivity contribution in [2.75, 3.05) is 11.5 Å². The van der Waals surface area contributed by atoms with Crippen molar-refractivity contribution in [2.45, 2.75) is 58.8 Å². The van der Waals surface area contributed by atoms with Crippen LogP contribution in [0.5, 0.6) is 0 Å². The summed E-state index contributed by atoms with van der Waals surface area (Å²) in [6, 6.07) is 2.21. The van der Waals surface area contributed by atoms with Gasteiger partial charge in [-0.3, -0.25) is 0 Å². The Morgan fingerprint density at radius 3 is 2.39 bits per heavy atom. The molecule has 1 fully saturated rings. The van der Waals surface area contributed by atoms with Crippen LogP contribution in [0, 0.1) is 22.7 Å². The molecule has 0 aromatic rings. The van der Waals surface area contributed by atoms with Gasteiger partial charge >= 0.3 is 0 Å². The van der Waals surface area contributed by atoms with Gasteiger partial charge in [0.1, 0.15) is 0 Å². The lowest BCUT2D eigenvalue weighted by atomic mass is 9.90. The van der Waals surface area contributed by atoms with Crippen molar-refractivity contribution in [2.24, 2.45) is 11.3 Å². The van der Waals surface area contributed by atoms with Crippen LogP contribution in [0.4, 0.5) is 0 Å². The predicted octanol–water partition coefficient (Wildman–Crippen LogP) is 3.31. The van der Waals surface area contributed by atoms with Crippen LogP contribution in [0.3, 0.4) is 0 Å². The average Bonchev–Trinajstić information content (AvgIpc) is 2.29. The number of rotatable bonds is 6. The third kappa shape index (κ3) is 5.86. The third-order valence-electron chi connectivity index (χ3n) is 3.77. The molecule has 0 spiro atoms. The van der Waals surface area contributed by atoms with Crippen molar-refractivity contribution >= 4 is 9.84 Å². The molecule has 3 nitrogen and oxygen atoms in total. The number of nitrogens with zero attached hydrogens (tertiary/aromatic N) is 1. The van der Waals surface area contributed by atoms with E-state index in [0.717, 1.165) is 12.8 Å². The molecule has 0 heterocycles. The van der Waals surface area contributed by atoms with Crippen molar-refractivity contribution < 1.29 is 8.42 Å². The van der Waals surface area contributed by atoms with Crippen molar-refractivity contribution in [3.8, 4) is 6.07 Å². The average molecular weight is 271 g/mol. The van der Waals surface area contributed by atoms with Crippen LogP contribution in [-0.2, 0) is 9.84 Å². The SMILES string of the molecule is CC(C)(C#N)CCCS(=O)(=O)CC1CCCCC1. The standard InChI is InChI=1S/C14H25NO2S/c1-14(2,12-15)9-6-10-18(16,17)11-13-7-4-3-5-8-13/h13H,3-11H2,1-2H3. The summed E-state index contributed by atoms with van der Waals surface area (Å²) in [5, 5.41) is 8.89. The molecule has 1 aliphatic carbocycles. The molecule has 4 heteroatoms. The summed E-state index contributed by atoms with van der Waals surface area (Å²) in [6.07, 6.45) is 7.03. The summed E-state index contributed by atoms with van der Waals surface area (Å²) in [6.45, 7) is 3.72. The molecule has 0 aromatic heterocycles. The molecule has 18 heavy (non-hydrogen) atoms. The van der Waals surface area contributed by atoms with E-state index in [9.17, 15) is 8.42 Å². The normalized spacial score (nSPS) is 18.5. The second-order valence-corrected chi connectivity index (χ2v) is 8.45. The minimum Gasteiger partial charge on any atom is -0.229 e. The maximum Gasteiger partial charge on any atom is 0.150 e. The van der Waals surface area contributed by atoms with E-state index in [1.165, 1.54) is 19.3 Å². The van der Waals surface area contributed by atoms with E-state index in [2.05, 4.69) is 6.07 Å². The highest BCUT2D eigenvalue weighted by Gasteiger charge is 2.23. The summed E-state index contributed by atoms with van der Waals surface area (Å²) >= 11 is 0. The number of nitriles is 1. The number of hydrogen-bond donors (Lipinski definition) is 0. The van der Waals surface area contributed by atoms with Crippen LogP contribution in [0.1, 0.15) is 58.8 Å². The van der Waals surface area contributed by atoms with E-state index >= 15 is 0 Å². The zero-order valence-electron chi connectivity index (χ0n) is 11.6. The van der Waals surface area contributed by atoms with Gasteiger partial charge in [-0.1, -0.05) is 19.3 Å². The first kappa shape index (κ1) is 15.5. The lowest BCUT2D eigenvalue weighted by Gasteiger charge is -2.21. The Morgan fingerprint density at radius 2 is 1.83 bits per heavy atom. The van der Waals surface area contributed by atoms with Gasteiger partial charge in [0.05, 0.1) is 23.0 Å². The number of hydrogen-bond acceptors (Lipinski definition) is 3. The Hall–Kier alpha value is -0.560. The summed E-state index contributed by atoms with van der Waals surface area (Å²) in [5.41, 5.74) is -0.402. The molecule has 1 saturated carbocycles. The highest BCUT2D eigenvalue weighted by Crippen LogP contribution is 2.26. The molecule has 0 aliphatic heterocycles. The summed E-state index contributed by atoms with van der Waals surface area (Å²) in [4.78, 5) is 0. The van der Waals surface area contributed by atoms with E-state index < -0.39 is 15.3 Å². The van der Waals surface area contributed by atoms with E-state index in [4.69, 9.17) is 5.26 Å². The van der Waals surface area contributed by atoms with Crippen molar-refractivity contribution in [3.63, 3.8) is 0 Å². The molecule has 0 bridgehead atoms. The van der Waals surface area contributed by atoms with Gasteiger partial charge in [-0.15, -0.1) is 0 Å². The first-order valence-electron chi connectivity index (χ1n) is 6.96. The Balaban J connectivity index is 2.33. The van der Waals surface area contributed by atoms with Crippen LogP contribution in [0.25, 0.3) is 0 Å². The fourth-order valence-electron chi connectivity index (χ4n) is 2.59. The lowest BCUT2D eigenvalue weighted by molar-refractivity contribution is 0.384. The third-order valence-corrected chi connectivity index (χ3v) is 5.66. The zero-order valence-corrected chi connectivity index (χ0v) is 12.4. The molecule has 0 amide bonds. The predicted molar refractivity (Wildman–Crippen MR) is 73.9 cm³/mol. The number of sulfone groups is 1. The molecule has 0 N–H and O–H groups in total. The topological polar surface area (TPSA) is 57.9 Å². The highest BCUT2D eigenvalue weighted by molar-refractivity contribution is 7.91. The molecule has 0 atom stereocenters. The van der Waals surface area contributed by atoms with Gasteiger partial charge < -0.3 is 0 Å². The lowest BCUT2D eigenvalue weighted by Crippen LogP contribution is -2.21. The molecule has 1 rings (SSSR count). The zero-order chi connectivity index (χ0) is 13.6. The molecular weight excluding hydrogens is 246 g/mol. The monoisotopic (exact) mass is 271 g/mol. The Kier molecular flexibility index (Phi) is 5.65. The van der Waals surface area contributed by atoms with Gasteiger partial charge in [0.2, 0.25) is 0 Å². The fraction of sp³-hybridized carbons (Fsp3) is 0.929. The molecular formula is C14H25NO2S. The van der Waals surface area contributed by atoms with E-state index in [1.54, 1.807) is 0 Å². The molecule has 104 valence electrons. The second-order valence-electron chi connectivity index (χ2n) is 6.22. The molecule has 0 radical (unpaired) electrons. The van der Waals surface area contributed by atoms with Gasteiger partial charge in [-0.25, -0.2) is 8.42 Å². The minimum absolute atomic E-state index is 0.245. The Labute approximate surface area is 111 Å². The molecule has 1 aliphatic rings. The van der Waals surface area contributed by atoms with Crippen molar-refractivity contribution in [3.05, 3.63) is 0 Å². The Morgan fingerprint density at radius 1 is 1.22 bits per heavy atom. The highest BCUT2D eigenvalue weighted by atomic mass is 32.2. The van der Waals surface area contributed by atoms with Crippen LogP contribution in [0.2, 0.25) is 0 Å². The van der Waals surface area contributed by atoms with E-state index in [1.807, 2.05) is 13.8 Å². The quantitative estimate of drug-likeness (QED) is 0.744. The second kappa shape index (κ2) is 6.56. The van der Waals surface area contributed by atoms with Gasteiger partial charge in [-0.2, -0.15) is 5.26 Å². The van der Waals surface area contributed by atoms with Gasteiger partial charge in [-0.05, 0) is 45.4 Å². The van der Waals surface area contributed by atoms with Crippen LogP contribution in [0.15, 0.2) is 0 Å². The smallest absolute Gasteiger partial charge is 0.150 e. The van der Waals surface area contributed by atoms with E-state index in [-0.39, 0.29) is 5.75 Å². The van der Waals surface area contributed by atoms with Gasteiger partial charge in [0.15, 0.2) is 9.84 Å². The molecule has 0 aromatic carbocycles. The maximum atomic E-state index is 12.0. The van der Waals surface area contributed by atoms with Crippen LogP contribution < -0.4 is 0 Å². The maximum absolute atomic E-state index is 12.0. The molecule has 0 saturated heterocycles. The first-order valence-corrected chi connectivity index (χ1v) is 8.78. The van der Waals surface area contributed by atoms with Crippen LogP contribution in [-0.4, -0.2) is 19.9 Å². The summed E-state index contributed by atoms with van der Waals surface area (Å²) < 4.78 is 24.0. The Bertz CT molecular complexity index is 387. The largest absolute Gasteiger partial charge is 0.229 e. The molecule has 0 unspecified atom stereocenters. The fourth-order valence-corrected chi connectivity index (χ4v) is 4.39. The summed E-state index contributed by atoms with van der Waals surface area (Å²) in [7, 11) is -2.92. The van der Waals surface area contributed by atoms with Crippen LogP contribution >= 0.6 is 0 Å². The van der Waals surface area contributed by atoms with Crippen molar-refractivity contribution in [1.82, 2.24) is 0 Å². The summed E-state index contributed by atoms with van der Waals surface area (Å²) in [5.74, 6) is 0.988. The van der Waals surface area contributed by atoms with Gasteiger partial charge in [0, 0.05) is 0 Å². The van der Waals surface area contributed by atoms with Crippen molar-refractivity contribution in [1.29, 1.82) is 5.26 Å².